The Labute approximate surface area is 103 Å². The number of hydrazone groups is 1. The third kappa shape index (κ3) is 2.16. The zero-order valence-corrected chi connectivity index (χ0v) is 10.8. The first-order valence-corrected chi connectivity index (χ1v) is 5.91. The first-order valence-electron chi connectivity index (χ1n) is 5.12. The van der Waals surface area contributed by atoms with Gasteiger partial charge in [-0.05, 0) is 17.7 Å². The summed E-state index contributed by atoms with van der Waals surface area (Å²) in [6, 6.07) is 7.94. The lowest BCUT2D eigenvalue weighted by Crippen LogP contribution is -2.40. The average Bonchev–Trinajstić information content (AvgIpc) is 2.23. The summed E-state index contributed by atoms with van der Waals surface area (Å²) in [6.07, 6.45) is 0.667. The molecule has 1 aromatic carbocycles. The summed E-state index contributed by atoms with van der Waals surface area (Å²) in [5, 5.41) is 4.11. The summed E-state index contributed by atoms with van der Waals surface area (Å²) in [6.45, 7) is 3.85. The molecule has 1 aromatic rings. The highest BCUT2D eigenvalue weighted by atomic mass is 79.9. The number of benzene rings is 1. The van der Waals surface area contributed by atoms with Crippen LogP contribution in [-0.2, 0) is 4.79 Å². The minimum Gasteiger partial charge on any atom is -0.273 e. The second-order valence-corrected chi connectivity index (χ2v) is 5.48. The number of hydrogen-bond donors (Lipinski definition) is 1. The molecule has 1 heterocycles. The van der Waals surface area contributed by atoms with Crippen LogP contribution in [0.3, 0.4) is 0 Å². The average molecular weight is 281 g/mol. The molecule has 0 radical (unpaired) electrons. The molecule has 84 valence electrons. The van der Waals surface area contributed by atoms with Gasteiger partial charge in [-0.1, -0.05) is 41.9 Å². The van der Waals surface area contributed by atoms with Crippen LogP contribution < -0.4 is 5.43 Å². The molecule has 3 nitrogen and oxygen atoms in total. The minimum absolute atomic E-state index is 0.0200. The highest BCUT2D eigenvalue weighted by Crippen LogP contribution is 2.26. The van der Waals surface area contributed by atoms with Gasteiger partial charge in [0.15, 0.2) is 0 Å². The Morgan fingerprint density at radius 3 is 2.50 bits per heavy atom. The molecule has 0 fully saturated rings. The minimum atomic E-state index is -0.385. The fourth-order valence-corrected chi connectivity index (χ4v) is 1.88. The monoisotopic (exact) mass is 280 g/mol. The van der Waals surface area contributed by atoms with Crippen LogP contribution in [-0.4, -0.2) is 11.6 Å². The third-order valence-electron chi connectivity index (χ3n) is 2.69. The molecule has 0 saturated heterocycles. The summed E-state index contributed by atoms with van der Waals surface area (Å²) < 4.78 is 1.04. The van der Waals surface area contributed by atoms with Gasteiger partial charge in [0.1, 0.15) is 0 Å². The van der Waals surface area contributed by atoms with E-state index in [4.69, 9.17) is 0 Å². The highest BCUT2D eigenvalue weighted by molar-refractivity contribution is 9.10. The smallest absolute Gasteiger partial charge is 0.246 e. The Kier molecular flexibility index (Phi) is 2.84. The van der Waals surface area contributed by atoms with Crippen LogP contribution >= 0.6 is 15.9 Å². The molecule has 2 rings (SSSR count). The van der Waals surface area contributed by atoms with Crippen LogP contribution in [0.5, 0.6) is 0 Å². The van der Waals surface area contributed by atoms with Crippen molar-refractivity contribution in [2.45, 2.75) is 20.3 Å². The van der Waals surface area contributed by atoms with Crippen molar-refractivity contribution in [3.8, 4) is 0 Å². The number of amides is 1. The summed E-state index contributed by atoms with van der Waals surface area (Å²) in [7, 11) is 0. The van der Waals surface area contributed by atoms with E-state index in [1.165, 1.54) is 0 Å². The maximum atomic E-state index is 11.5. The Bertz CT molecular complexity index is 449. The molecule has 1 amide bonds. The van der Waals surface area contributed by atoms with Crippen LogP contribution in [0.4, 0.5) is 0 Å². The third-order valence-corrected chi connectivity index (χ3v) is 3.22. The van der Waals surface area contributed by atoms with Crippen molar-refractivity contribution in [2.75, 3.05) is 0 Å². The van der Waals surface area contributed by atoms with E-state index in [1.54, 1.807) is 0 Å². The normalized spacial score (nSPS) is 18.9. The topological polar surface area (TPSA) is 41.5 Å². The fourth-order valence-electron chi connectivity index (χ4n) is 1.62. The van der Waals surface area contributed by atoms with Crippen molar-refractivity contribution < 1.29 is 4.79 Å². The lowest BCUT2D eigenvalue weighted by atomic mass is 9.83. The Morgan fingerprint density at radius 2 is 1.94 bits per heavy atom. The van der Waals surface area contributed by atoms with E-state index in [9.17, 15) is 4.79 Å². The molecule has 4 heteroatoms. The zero-order valence-electron chi connectivity index (χ0n) is 9.25. The van der Waals surface area contributed by atoms with Crippen LogP contribution in [0.15, 0.2) is 33.8 Å². The molecule has 0 aliphatic carbocycles. The fraction of sp³-hybridized carbons (Fsp3) is 0.333. The predicted octanol–water partition coefficient (Wildman–Crippen LogP) is 2.70. The van der Waals surface area contributed by atoms with Gasteiger partial charge in [0.05, 0.1) is 11.1 Å². The van der Waals surface area contributed by atoms with Crippen molar-refractivity contribution in [3.63, 3.8) is 0 Å². The number of nitrogens with one attached hydrogen (secondary N) is 1. The molecule has 0 saturated carbocycles. The summed E-state index contributed by atoms with van der Waals surface area (Å²) in [5.41, 5.74) is 4.17. The largest absolute Gasteiger partial charge is 0.273 e. The standard InChI is InChI=1S/C12H13BrN2O/c1-12(2)7-10(14-15-11(12)16)8-3-5-9(13)6-4-8/h3-6H,7H2,1-2H3,(H,15,16). The number of rotatable bonds is 1. The molecule has 1 aliphatic rings. The van der Waals surface area contributed by atoms with Crippen LogP contribution in [0.2, 0.25) is 0 Å². The first-order chi connectivity index (χ1) is 7.49. The van der Waals surface area contributed by atoms with Gasteiger partial charge in [-0.2, -0.15) is 5.10 Å². The van der Waals surface area contributed by atoms with Crippen molar-refractivity contribution in [2.24, 2.45) is 10.5 Å². The van der Waals surface area contributed by atoms with Gasteiger partial charge < -0.3 is 0 Å². The number of carbonyl (C=O) groups is 1. The van der Waals surface area contributed by atoms with Crippen LogP contribution in [0, 0.1) is 5.41 Å². The van der Waals surface area contributed by atoms with E-state index in [0.29, 0.717) is 6.42 Å². The maximum Gasteiger partial charge on any atom is 0.246 e. The summed E-state index contributed by atoms with van der Waals surface area (Å²) in [4.78, 5) is 11.5. The molecule has 0 atom stereocenters. The van der Waals surface area contributed by atoms with E-state index >= 15 is 0 Å². The van der Waals surface area contributed by atoms with Crippen LogP contribution in [0.25, 0.3) is 0 Å². The summed E-state index contributed by atoms with van der Waals surface area (Å²) in [5.74, 6) is -0.0200. The molecule has 0 spiro atoms. The molecule has 1 N–H and O–H groups in total. The number of halogens is 1. The Morgan fingerprint density at radius 1 is 1.31 bits per heavy atom. The maximum absolute atomic E-state index is 11.5. The van der Waals surface area contributed by atoms with Crippen molar-refractivity contribution in [3.05, 3.63) is 34.3 Å². The SMILES string of the molecule is CC1(C)CC(c2ccc(Br)cc2)=NNC1=O. The van der Waals surface area contributed by atoms with Gasteiger partial charge >= 0.3 is 0 Å². The van der Waals surface area contributed by atoms with E-state index in [2.05, 4.69) is 26.5 Å². The molecular weight excluding hydrogens is 268 g/mol. The van der Waals surface area contributed by atoms with E-state index < -0.39 is 0 Å². The Hall–Kier alpha value is -1.16. The van der Waals surface area contributed by atoms with Gasteiger partial charge in [-0.15, -0.1) is 0 Å². The van der Waals surface area contributed by atoms with Gasteiger partial charge in [0, 0.05) is 10.9 Å². The number of nitrogens with zero attached hydrogens (tertiary/aromatic N) is 1. The van der Waals surface area contributed by atoms with Crippen molar-refractivity contribution >= 4 is 27.5 Å². The van der Waals surface area contributed by atoms with Gasteiger partial charge in [-0.25, -0.2) is 5.43 Å². The lowest BCUT2D eigenvalue weighted by molar-refractivity contribution is -0.129. The highest BCUT2D eigenvalue weighted by Gasteiger charge is 2.33. The van der Waals surface area contributed by atoms with Gasteiger partial charge in [0.25, 0.3) is 0 Å². The second-order valence-electron chi connectivity index (χ2n) is 4.57. The van der Waals surface area contributed by atoms with E-state index in [1.807, 2.05) is 38.1 Å². The van der Waals surface area contributed by atoms with Crippen LogP contribution in [0.1, 0.15) is 25.8 Å². The Balaban J connectivity index is 2.30. The van der Waals surface area contributed by atoms with Gasteiger partial charge in [-0.3, -0.25) is 4.79 Å². The lowest BCUT2D eigenvalue weighted by Gasteiger charge is -2.27. The second kappa shape index (κ2) is 4.01. The van der Waals surface area contributed by atoms with E-state index in [0.717, 1.165) is 15.7 Å². The zero-order chi connectivity index (χ0) is 11.8. The van der Waals surface area contributed by atoms with Gasteiger partial charge in [0.2, 0.25) is 5.91 Å². The molecule has 0 unspecified atom stereocenters. The molecule has 1 aliphatic heterocycles. The van der Waals surface area contributed by atoms with Crippen molar-refractivity contribution in [1.29, 1.82) is 0 Å². The number of carbonyl (C=O) groups excluding carboxylic acids is 1. The molecule has 16 heavy (non-hydrogen) atoms. The predicted molar refractivity (Wildman–Crippen MR) is 67.2 cm³/mol. The number of hydrogen-bond acceptors (Lipinski definition) is 2. The quantitative estimate of drug-likeness (QED) is 0.844. The summed E-state index contributed by atoms with van der Waals surface area (Å²) >= 11 is 3.39. The van der Waals surface area contributed by atoms with E-state index in [-0.39, 0.29) is 11.3 Å². The molecule has 0 aromatic heterocycles. The molecular formula is C12H13BrN2O. The first kappa shape index (κ1) is 11.3. The molecule has 0 bridgehead atoms. The van der Waals surface area contributed by atoms with Crippen molar-refractivity contribution in [1.82, 2.24) is 5.43 Å².